The second-order valence-electron chi connectivity index (χ2n) is 5.04. The van der Waals surface area contributed by atoms with Crippen molar-refractivity contribution in [2.75, 3.05) is 0 Å². The molecule has 1 aromatic carbocycles. The molecule has 0 bridgehead atoms. The van der Waals surface area contributed by atoms with E-state index < -0.39 is 0 Å². The van der Waals surface area contributed by atoms with Crippen molar-refractivity contribution < 1.29 is 5.11 Å². The van der Waals surface area contributed by atoms with E-state index in [9.17, 15) is 9.90 Å². The van der Waals surface area contributed by atoms with Crippen molar-refractivity contribution in [1.82, 2.24) is 9.78 Å². The molecule has 0 saturated carbocycles. The summed E-state index contributed by atoms with van der Waals surface area (Å²) in [7, 11) is 0. The monoisotopic (exact) mass is 272 g/mol. The van der Waals surface area contributed by atoms with Gasteiger partial charge in [-0.15, -0.1) is 0 Å². The van der Waals surface area contributed by atoms with Crippen molar-refractivity contribution in [3.63, 3.8) is 0 Å². The molecule has 106 valence electrons. The third-order valence-corrected chi connectivity index (χ3v) is 3.46. The molecule has 0 fully saturated rings. The highest BCUT2D eigenvalue weighted by molar-refractivity contribution is 5.61. The van der Waals surface area contributed by atoms with E-state index in [4.69, 9.17) is 0 Å². The molecule has 0 radical (unpaired) electrons. The second kappa shape index (κ2) is 6.01. The summed E-state index contributed by atoms with van der Waals surface area (Å²) in [5.74, 6) is 0. The van der Waals surface area contributed by atoms with Crippen LogP contribution in [-0.4, -0.2) is 14.9 Å². The number of nitrogens with zero attached hydrogens (tertiary/aromatic N) is 2. The van der Waals surface area contributed by atoms with Gasteiger partial charge in [0, 0.05) is 17.7 Å². The van der Waals surface area contributed by atoms with Crippen LogP contribution in [0.1, 0.15) is 30.0 Å². The Morgan fingerprint density at radius 1 is 1.20 bits per heavy atom. The van der Waals surface area contributed by atoms with Crippen molar-refractivity contribution in [3.8, 4) is 11.3 Å². The predicted molar refractivity (Wildman–Crippen MR) is 79.6 cm³/mol. The molecule has 0 aliphatic rings. The summed E-state index contributed by atoms with van der Waals surface area (Å²) in [6.07, 6.45) is 0.828. The molecule has 0 aliphatic carbocycles. The molecule has 4 heteroatoms. The Hall–Kier alpha value is -1.94. The first-order chi connectivity index (χ1) is 9.56. The van der Waals surface area contributed by atoms with Crippen molar-refractivity contribution in [3.05, 3.63) is 51.3 Å². The maximum atomic E-state index is 12.0. The quantitative estimate of drug-likeness (QED) is 0.930. The Bertz CT molecular complexity index is 675. The van der Waals surface area contributed by atoms with Crippen LogP contribution in [0.2, 0.25) is 0 Å². The lowest BCUT2D eigenvalue weighted by molar-refractivity contribution is 0.278. The summed E-state index contributed by atoms with van der Waals surface area (Å²) in [4.78, 5) is 12.0. The fourth-order valence-corrected chi connectivity index (χ4v) is 2.12. The van der Waals surface area contributed by atoms with Gasteiger partial charge in [0.25, 0.3) is 5.56 Å². The standard InChI is InChI=1S/C16H20N2O2/c1-4-7-18-16(20)14(10-19)9-15(17-18)13-6-5-11(2)12(3)8-13/h5-6,8-9,19H,4,7,10H2,1-3H3. The van der Waals surface area contributed by atoms with Gasteiger partial charge in [-0.25, -0.2) is 4.68 Å². The van der Waals surface area contributed by atoms with Crippen molar-refractivity contribution >= 4 is 0 Å². The molecule has 1 N–H and O–H groups in total. The number of hydrogen-bond acceptors (Lipinski definition) is 3. The van der Waals surface area contributed by atoms with E-state index in [2.05, 4.69) is 18.1 Å². The molecule has 0 spiro atoms. The van der Waals surface area contributed by atoms with Gasteiger partial charge in [0.2, 0.25) is 0 Å². The largest absolute Gasteiger partial charge is 0.391 e. The van der Waals surface area contributed by atoms with E-state index in [-0.39, 0.29) is 12.2 Å². The Kier molecular flexibility index (Phi) is 4.35. The molecule has 4 nitrogen and oxygen atoms in total. The number of aliphatic hydroxyl groups is 1. The lowest BCUT2D eigenvalue weighted by atomic mass is 10.0. The zero-order valence-corrected chi connectivity index (χ0v) is 12.2. The molecule has 0 amide bonds. The first kappa shape index (κ1) is 14.5. The zero-order valence-electron chi connectivity index (χ0n) is 12.2. The van der Waals surface area contributed by atoms with E-state index >= 15 is 0 Å². The minimum Gasteiger partial charge on any atom is -0.391 e. The molecule has 0 saturated heterocycles. The van der Waals surface area contributed by atoms with E-state index in [0.717, 1.165) is 17.7 Å². The van der Waals surface area contributed by atoms with Crippen LogP contribution in [0.3, 0.4) is 0 Å². The van der Waals surface area contributed by atoms with Gasteiger partial charge in [0.05, 0.1) is 12.3 Å². The first-order valence-corrected chi connectivity index (χ1v) is 6.86. The average Bonchev–Trinajstić information content (AvgIpc) is 2.44. The number of rotatable bonds is 4. The van der Waals surface area contributed by atoms with Crippen LogP contribution >= 0.6 is 0 Å². The number of benzene rings is 1. The van der Waals surface area contributed by atoms with Crippen molar-refractivity contribution in [2.24, 2.45) is 0 Å². The summed E-state index contributed by atoms with van der Waals surface area (Å²) in [6.45, 7) is 6.40. The molecule has 1 heterocycles. The van der Waals surface area contributed by atoms with Crippen LogP contribution in [0.15, 0.2) is 29.1 Å². The molecule has 0 aliphatic heterocycles. The lowest BCUT2D eigenvalue weighted by Gasteiger charge is -2.10. The number of hydrogen-bond donors (Lipinski definition) is 1. The van der Waals surface area contributed by atoms with Crippen molar-refractivity contribution in [1.29, 1.82) is 0 Å². The first-order valence-electron chi connectivity index (χ1n) is 6.86. The van der Waals surface area contributed by atoms with Gasteiger partial charge in [-0.05, 0) is 43.5 Å². The minimum absolute atomic E-state index is 0.207. The van der Waals surface area contributed by atoms with Crippen LogP contribution in [0.25, 0.3) is 11.3 Å². The third kappa shape index (κ3) is 2.80. The van der Waals surface area contributed by atoms with E-state index in [0.29, 0.717) is 12.1 Å². The molecule has 1 aromatic heterocycles. The van der Waals surface area contributed by atoms with Gasteiger partial charge < -0.3 is 5.11 Å². The summed E-state index contributed by atoms with van der Waals surface area (Å²) in [5.41, 5.74) is 4.28. The average molecular weight is 272 g/mol. The third-order valence-electron chi connectivity index (χ3n) is 3.46. The lowest BCUT2D eigenvalue weighted by Crippen LogP contribution is -2.26. The van der Waals surface area contributed by atoms with Crippen molar-refractivity contribution in [2.45, 2.75) is 40.3 Å². The second-order valence-corrected chi connectivity index (χ2v) is 5.04. The van der Waals surface area contributed by atoms with E-state index in [1.165, 1.54) is 15.8 Å². The van der Waals surface area contributed by atoms with Gasteiger partial charge >= 0.3 is 0 Å². The van der Waals surface area contributed by atoms with Gasteiger partial charge in [0.1, 0.15) is 0 Å². The highest BCUT2D eigenvalue weighted by atomic mass is 16.3. The van der Waals surface area contributed by atoms with Crippen LogP contribution < -0.4 is 5.56 Å². The van der Waals surface area contributed by atoms with Crippen LogP contribution in [0.4, 0.5) is 0 Å². The number of aryl methyl sites for hydroxylation is 3. The summed E-state index contributed by atoms with van der Waals surface area (Å²) < 4.78 is 1.44. The summed E-state index contributed by atoms with van der Waals surface area (Å²) in [6, 6.07) is 7.77. The maximum absolute atomic E-state index is 12.0. The van der Waals surface area contributed by atoms with Crippen LogP contribution in [0, 0.1) is 13.8 Å². The molecular weight excluding hydrogens is 252 g/mol. The molecule has 0 unspecified atom stereocenters. The maximum Gasteiger partial charge on any atom is 0.272 e. The van der Waals surface area contributed by atoms with E-state index in [1.807, 2.05) is 26.0 Å². The van der Waals surface area contributed by atoms with Gasteiger partial charge in [-0.3, -0.25) is 4.79 Å². The van der Waals surface area contributed by atoms with E-state index in [1.54, 1.807) is 6.07 Å². The molecule has 0 atom stereocenters. The summed E-state index contributed by atoms with van der Waals surface area (Å²) >= 11 is 0. The molecular formula is C16H20N2O2. The van der Waals surface area contributed by atoms with Gasteiger partial charge in [0.15, 0.2) is 0 Å². The Morgan fingerprint density at radius 3 is 2.55 bits per heavy atom. The fourth-order valence-electron chi connectivity index (χ4n) is 2.12. The Balaban J connectivity index is 2.58. The molecule has 2 aromatic rings. The zero-order chi connectivity index (χ0) is 14.7. The highest BCUT2D eigenvalue weighted by Crippen LogP contribution is 2.20. The van der Waals surface area contributed by atoms with Gasteiger partial charge in [-0.2, -0.15) is 5.10 Å². The topological polar surface area (TPSA) is 55.1 Å². The SMILES string of the molecule is CCCn1nc(-c2ccc(C)c(C)c2)cc(CO)c1=O. The normalized spacial score (nSPS) is 10.8. The Morgan fingerprint density at radius 2 is 1.95 bits per heavy atom. The number of aromatic nitrogens is 2. The fraction of sp³-hybridized carbons (Fsp3) is 0.375. The minimum atomic E-state index is -0.261. The predicted octanol–water partition coefficient (Wildman–Crippen LogP) is 2.43. The molecule has 2 rings (SSSR count). The number of aliphatic hydroxyl groups excluding tert-OH is 1. The van der Waals surface area contributed by atoms with Crippen LogP contribution in [0.5, 0.6) is 0 Å². The highest BCUT2D eigenvalue weighted by Gasteiger charge is 2.09. The smallest absolute Gasteiger partial charge is 0.272 e. The summed E-state index contributed by atoms with van der Waals surface area (Å²) in [5, 5.41) is 13.7. The van der Waals surface area contributed by atoms with Crippen LogP contribution in [-0.2, 0) is 13.2 Å². The Labute approximate surface area is 118 Å². The molecule has 20 heavy (non-hydrogen) atoms. The van der Waals surface area contributed by atoms with Gasteiger partial charge in [-0.1, -0.05) is 19.1 Å².